The first-order chi connectivity index (χ1) is 13.3. The highest BCUT2D eigenvalue weighted by atomic mass is 16.5. The average molecular weight is 386 g/mol. The number of ether oxygens (including phenoxy) is 4. The zero-order valence-corrected chi connectivity index (χ0v) is 17.4. The summed E-state index contributed by atoms with van der Waals surface area (Å²) in [5.41, 5.74) is 4.43. The molecule has 0 atom stereocenters. The van der Waals surface area contributed by atoms with Crippen molar-refractivity contribution in [1.29, 1.82) is 0 Å². The van der Waals surface area contributed by atoms with Crippen molar-refractivity contribution in [3.8, 4) is 17.2 Å². The maximum Gasteiger partial charge on any atom is 0.342 e. The molecule has 2 rings (SSSR count). The van der Waals surface area contributed by atoms with Crippen LogP contribution in [0.2, 0.25) is 0 Å². The molecule has 2 aromatic carbocycles. The van der Waals surface area contributed by atoms with E-state index in [0.717, 1.165) is 22.3 Å². The van der Waals surface area contributed by atoms with E-state index in [-0.39, 0.29) is 23.7 Å². The molecule has 0 heterocycles. The Hall–Kier alpha value is -3.02. The molecular formula is C22H26O6. The maximum atomic E-state index is 12.7. The van der Waals surface area contributed by atoms with E-state index < -0.39 is 5.97 Å². The third-order valence-corrected chi connectivity index (χ3v) is 4.75. The fourth-order valence-corrected chi connectivity index (χ4v) is 3.47. The van der Waals surface area contributed by atoms with Crippen LogP contribution in [0.15, 0.2) is 18.2 Å². The van der Waals surface area contributed by atoms with Crippen molar-refractivity contribution in [2.45, 2.75) is 34.3 Å². The summed E-state index contributed by atoms with van der Waals surface area (Å²) in [6.07, 6.45) is 0. The zero-order chi connectivity index (χ0) is 21.0. The Labute approximate surface area is 165 Å². The lowest BCUT2D eigenvalue weighted by Crippen LogP contribution is -2.12. The molecule has 0 aliphatic carbocycles. The van der Waals surface area contributed by atoms with Gasteiger partial charge in [0, 0.05) is 5.56 Å². The minimum absolute atomic E-state index is 0.0101. The Morgan fingerprint density at radius 1 is 0.893 bits per heavy atom. The summed E-state index contributed by atoms with van der Waals surface area (Å²) in [5, 5.41) is 0. The van der Waals surface area contributed by atoms with Crippen molar-refractivity contribution in [2.24, 2.45) is 0 Å². The number of methoxy groups -OCH3 is 3. The van der Waals surface area contributed by atoms with Crippen LogP contribution in [-0.2, 0) is 11.3 Å². The largest absolute Gasteiger partial charge is 0.493 e. The predicted molar refractivity (Wildman–Crippen MR) is 106 cm³/mol. The van der Waals surface area contributed by atoms with Gasteiger partial charge in [-0.15, -0.1) is 0 Å². The van der Waals surface area contributed by atoms with Crippen LogP contribution in [0.3, 0.4) is 0 Å². The van der Waals surface area contributed by atoms with E-state index in [1.807, 2.05) is 26.8 Å². The Balaban J connectivity index is 2.36. The second-order valence-electron chi connectivity index (χ2n) is 6.50. The molecule has 0 saturated heterocycles. The molecule has 150 valence electrons. The molecule has 0 saturated carbocycles. The lowest BCUT2D eigenvalue weighted by atomic mass is 9.92. The van der Waals surface area contributed by atoms with E-state index >= 15 is 0 Å². The van der Waals surface area contributed by atoms with E-state index in [1.54, 1.807) is 12.1 Å². The fourth-order valence-electron chi connectivity index (χ4n) is 3.47. The number of carbonyl (C=O) groups excluding carboxylic acids is 2. The summed E-state index contributed by atoms with van der Waals surface area (Å²) < 4.78 is 21.4. The molecule has 0 bridgehead atoms. The van der Waals surface area contributed by atoms with E-state index in [0.29, 0.717) is 17.1 Å². The highest BCUT2D eigenvalue weighted by Crippen LogP contribution is 2.40. The first-order valence-corrected chi connectivity index (χ1v) is 8.83. The molecule has 6 heteroatoms. The molecule has 0 amide bonds. The number of rotatable bonds is 7. The predicted octanol–water partition coefficient (Wildman–Crippen LogP) is 4.20. The van der Waals surface area contributed by atoms with E-state index in [9.17, 15) is 9.59 Å². The Morgan fingerprint density at radius 2 is 1.54 bits per heavy atom. The highest BCUT2D eigenvalue weighted by Gasteiger charge is 2.22. The quantitative estimate of drug-likeness (QED) is 0.525. The fraction of sp³-hybridized carbons (Fsp3) is 0.364. The first-order valence-electron chi connectivity index (χ1n) is 8.83. The number of aryl methyl sites for hydroxylation is 2. The van der Waals surface area contributed by atoms with Gasteiger partial charge in [0.1, 0.15) is 12.2 Å². The molecular weight excluding hydrogens is 360 g/mol. The summed E-state index contributed by atoms with van der Waals surface area (Å²) in [6, 6.07) is 5.12. The standard InChI is InChI=1S/C22H26O6/c1-12-10-13(2)19(15(4)23)14(3)17(12)11-28-22(24)16-8-9-18(25-5)21(27-7)20(16)26-6/h8-10H,11H2,1-7H3. The van der Waals surface area contributed by atoms with Crippen molar-refractivity contribution in [3.05, 3.63) is 51.6 Å². The van der Waals surface area contributed by atoms with Crippen LogP contribution in [0.5, 0.6) is 17.2 Å². The van der Waals surface area contributed by atoms with Gasteiger partial charge in [-0.1, -0.05) is 6.07 Å². The van der Waals surface area contributed by atoms with Gasteiger partial charge in [-0.3, -0.25) is 4.79 Å². The van der Waals surface area contributed by atoms with Gasteiger partial charge < -0.3 is 18.9 Å². The van der Waals surface area contributed by atoms with Gasteiger partial charge in [0.25, 0.3) is 0 Å². The van der Waals surface area contributed by atoms with Crippen molar-refractivity contribution in [2.75, 3.05) is 21.3 Å². The number of benzene rings is 2. The summed E-state index contributed by atoms with van der Waals surface area (Å²) >= 11 is 0. The Bertz CT molecular complexity index is 914. The van der Waals surface area contributed by atoms with Crippen LogP contribution >= 0.6 is 0 Å². The lowest BCUT2D eigenvalue weighted by molar-refractivity contribution is 0.0467. The molecule has 0 radical (unpaired) electrons. The van der Waals surface area contributed by atoms with Crippen molar-refractivity contribution in [1.82, 2.24) is 0 Å². The second kappa shape index (κ2) is 8.78. The van der Waals surface area contributed by atoms with Gasteiger partial charge in [0.05, 0.1) is 21.3 Å². The van der Waals surface area contributed by atoms with Crippen LogP contribution in [0.25, 0.3) is 0 Å². The molecule has 0 unspecified atom stereocenters. The molecule has 0 spiro atoms. The van der Waals surface area contributed by atoms with Gasteiger partial charge in [-0.25, -0.2) is 4.79 Å². The molecule has 28 heavy (non-hydrogen) atoms. The van der Waals surface area contributed by atoms with Crippen LogP contribution in [-0.4, -0.2) is 33.1 Å². The summed E-state index contributed by atoms with van der Waals surface area (Å²) in [4.78, 5) is 24.7. The summed E-state index contributed by atoms with van der Waals surface area (Å²) in [7, 11) is 4.42. The number of carbonyl (C=O) groups is 2. The molecule has 0 N–H and O–H groups in total. The van der Waals surface area contributed by atoms with Gasteiger partial charge >= 0.3 is 5.97 Å². The zero-order valence-electron chi connectivity index (χ0n) is 17.4. The smallest absolute Gasteiger partial charge is 0.342 e. The molecule has 0 aromatic heterocycles. The minimum Gasteiger partial charge on any atom is -0.493 e. The first kappa shape index (κ1) is 21.3. The topological polar surface area (TPSA) is 71.1 Å². The van der Waals surface area contributed by atoms with Crippen LogP contribution in [0.1, 0.15) is 49.9 Å². The summed E-state index contributed by atoms with van der Waals surface area (Å²) in [5.74, 6) is 0.451. The SMILES string of the molecule is COc1ccc(C(=O)OCc2c(C)cc(C)c(C(C)=O)c2C)c(OC)c1OC. The number of Topliss-reactive ketones (excluding diaryl/α,β-unsaturated/α-hetero) is 1. The maximum absolute atomic E-state index is 12.7. The van der Waals surface area contributed by atoms with Crippen LogP contribution in [0.4, 0.5) is 0 Å². The van der Waals surface area contributed by atoms with Crippen molar-refractivity contribution < 1.29 is 28.5 Å². The van der Waals surface area contributed by atoms with Crippen molar-refractivity contribution in [3.63, 3.8) is 0 Å². The van der Waals surface area contributed by atoms with E-state index in [4.69, 9.17) is 18.9 Å². The highest BCUT2D eigenvalue weighted by molar-refractivity contribution is 5.97. The molecule has 0 aliphatic rings. The van der Waals surface area contributed by atoms with E-state index in [1.165, 1.54) is 28.3 Å². The molecule has 0 aliphatic heterocycles. The molecule has 2 aromatic rings. The van der Waals surface area contributed by atoms with Gasteiger partial charge in [-0.05, 0) is 62.1 Å². The summed E-state index contributed by atoms with van der Waals surface area (Å²) in [6.45, 7) is 7.30. The molecule has 6 nitrogen and oxygen atoms in total. The molecule has 0 fully saturated rings. The Morgan fingerprint density at radius 3 is 2.07 bits per heavy atom. The third kappa shape index (κ3) is 3.96. The third-order valence-electron chi connectivity index (χ3n) is 4.75. The van der Waals surface area contributed by atoms with Gasteiger partial charge in [0.2, 0.25) is 5.75 Å². The second-order valence-corrected chi connectivity index (χ2v) is 6.50. The van der Waals surface area contributed by atoms with Gasteiger partial charge in [-0.2, -0.15) is 0 Å². The van der Waals surface area contributed by atoms with Crippen LogP contribution in [0, 0.1) is 20.8 Å². The number of ketones is 1. The normalized spacial score (nSPS) is 10.4. The van der Waals surface area contributed by atoms with Gasteiger partial charge in [0.15, 0.2) is 17.3 Å². The van der Waals surface area contributed by atoms with Crippen LogP contribution < -0.4 is 14.2 Å². The van der Waals surface area contributed by atoms with Crippen molar-refractivity contribution >= 4 is 11.8 Å². The monoisotopic (exact) mass is 386 g/mol. The number of esters is 1. The Kier molecular flexibility index (Phi) is 6.67. The lowest BCUT2D eigenvalue weighted by Gasteiger charge is -2.17. The minimum atomic E-state index is -0.554. The van der Waals surface area contributed by atoms with E-state index in [2.05, 4.69) is 0 Å². The number of hydrogen-bond donors (Lipinski definition) is 0. The number of hydrogen-bond acceptors (Lipinski definition) is 6. The average Bonchev–Trinajstić information content (AvgIpc) is 2.65.